The highest BCUT2D eigenvalue weighted by atomic mass is 19.4. The third-order valence-electron chi connectivity index (χ3n) is 7.37. The number of aromatic amines is 1. The molecular weight excluding hydrogens is 527 g/mol. The molecule has 0 bridgehead atoms. The van der Waals surface area contributed by atoms with Crippen molar-refractivity contribution in [3.05, 3.63) is 63.1 Å². The summed E-state index contributed by atoms with van der Waals surface area (Å²) in [6, 6.07) is 4.52. The summed E-state index contributed by atoms with van der Waals surface area (Å²) in [5.74, 6) is -0.0586. The Kier molecular flexibility index (Phi) is 7.15. The minimum absolute atomic E-state index is 0.164. The van der Waals surface area contributed by atoms with E-state index in [0.29, 0.717) is 37.3 Å². The van der Waals surface area contributed by atoms with Gasteiger partial charge < -0.3 is 9.88 Å². The average Bonchev–Trinajstić information content (AvgIpc) is 3.67. The number of fused-ring (bicyclic) bond motifs is 1. The number of alkyl halides is 3. The largest absolute Gasteiger partial charge is 0.416 e. The fourth-order valence-electron chi connectivity index (χ4n) is 5.21. The van der Waals surface area contributed by atoms with Crippen molar-refractivity contribution < 1.29 is 18.0 Å². The minimum atomic E-state index is -4.50. The van der Waals surface area contributed by atoms with Crippen LogP contribution in [0.3, 0.4) is 0 Å². The molecule has 40 heavy (non-hydrogen) atoms. The van der Waals surface area contributed by atoms with E-state index >= 15 is 0 Å². The molecule has 2 atom stereocenters. The smallest absolute Gasteiger partial charge is 0.332 e. The number of carbonyl (C=O) groups is 1. The molecule has 0 aliphatic carbocycles. The lowest BCUT2D eigenvalue weighted by Crippen LogP contribution is -2.40. The second-order valence-electron chi connectivity index (χ2n) is 10.1. The summed E-state index contributed by atoms with van der Waals surface area (Å²) in [6.07, 6.45) is 0.316. The Labute approximate surface area is 227 Å². The number of carbonyl (C=O) groups excluding carboxylic acids is 1. The lowest BCUT2D eigenvalue weighted by Gasteiger charge is -2.21. The van der Waals surface area contributed by atoms with Crippen molar-refractivity contribution in [2.75, 3.05) is 11.4 Å². The van der Waals surface area contributed by atoms with Gasteiger partial charge in [-0.25, -0.2) is 9.78 Å². The SMILES string of the molecule is CCCn1c(=O)c2[nH]c(-c3cnn(C(C)C4CC(=O)N(c5cccc(C(F)(F)F)c5)C4)c3)nc2n(CCC)c1=O. The molecule has 1 aliphatic rings. The summed E-state index contributed by atoms with van der Waals surface area (Å²) in [6.45, 7) is 6.70. The Hall–Kier alpha value is -4.16. The highest BCUT2D eigenvalue weighted by Gasteiger charge is 2.37. The maximum Gasteiger partial charge on any atom is 0.416 e. The molecule has 1 amide bonds. The molecule has 1 aromatic carbocycles. The van der Waals surface area contributed by atoms with E-state index in [2.05, 4.69) is 15.1 Å². The number of halogens is 3. The zero-order valence-corrected chi connectivity index (χ0v) is 22.4. The summed E-state index contributed by atoms with van der Waals surface area (Å²) >= 11 is 0. The molecule has 3 aromatic heterocycles. The number of imidazole rings is 1. The standard InChI is InChI=1S/C27H30F3N7O3/c1-4-9-34-24-22(25(39)35(10-5-2)26(34)40)32-23(33-24)18-13-31-37(15-18)16(3)17-11-21(38)36(14-17)20-8-6-7-19(12-20)27(28,29)30/h6-8,12-13,15-17H,4-5,9-11,14H2,1-3H3,(H,32,33). The van der Waals surface area contributed by atoms with Crippen LogP contribution in [0.1, 0.15) is 51.6 Å². The molecule has 1 fully saturated rings. The Morgan fingerprint density at radius 2 is 1.82 bits per heavy atom. The van der Waals surface area contributed by atoms with Crippen molar-refractivity contribution in [2.24, 2.45) is 5.92 Å². The van der Waals surface area contributed by atoms with Gasteiger partial charge in [-0.1, -0.05) is 19.9 Å². The number of H-pyrrole nitrogens is 1. The average molecular weight is 558 g/mol. The van der Waals surface area contributed by atoms with Gasteiger partial charge in [0.15, 0.2) is 5.65 Å². The van der Waals surface area contributed by atoms with E-state index < -0.39 is 17.3 Å². The van der Waals surface area contributed by atoms with Gasteiger partial charge in [0.1, 0.15) is 11.3 Å². The van der Waals surface area contributed by atoms with E-state index in [1.807, 2.05) is 20.8 Å². The van der Waals surface area contributed by atoms with E-state index in [0.717, 1.165) is 12.1 Å². The first-order valence-corrected chi connectivity index (χ1v) is 13.3. The zero-order valence-electron chi connectivity index (χ0n) is 22.4. The van der Waals surface area contributed by atoms with Crippen molar-refractivity contribution in [3.8, 4) is 11.4 Å². The number of nitrogens with one attached hydrogen (secondary N) is 1. The topological polar surface area (TPSA) is 111 Å². The first kappa shape index (κ1) is 27.4. The van der Waals surface area contributed by atoms with Crippen LogP contribution in [0, 0.1) is 5.92 Å². The van der Waals surface area contributed by atoms with Crippen molar-refractivity contribution in [2.45, 2.75) is 65.3 Å². The summed E-state index contributed by atoms with van der Waals surface area (Å²) in [5.41, 5.74) is -0.271. The van der Waals surface area contributed by atoms with Crippen molar-refractivity contribution in [3.63, 3.8) is 0 Å². The molecule has 2 unspecified atom stereocenters. The molecule has 4 aromatic rings. The highest BCUT2D eigenvalue weighted by molar-refractivity contribution is 5.95. The maximum atomic E-state index is 13.2. The van der Waals surface area contributed by atoms with Crippen molar-refractivity contribution in [1.82, 2.24) is 28.9 Å². The number of hydrogen-bond donors (Lipinski definition) is 1. The molecule has 1 N–H and O–H groups in total. The van der Waals surface area contributed by atoms with E-state index in [1.54, 1.807) is 17.1 Å². The van der Waals surface area contributed by atoms with Gasteiger partial charge in [-0.3, -0.25) is 23.4 Å². The summed E-state index contributed by atoms with van der Waals surface area (Å²) in [4.78, 5) is 47.8. The number of anilines is 1. The van der Waals surface area contributed by atoms with E-state index in [9.17, 15) is 27.6 Å². The number of benzene rings is 1. The van der Waals surface area contributed by atoms with Crippen LogP contribution in [0.15, 0.2) is 46.2 Å². The van der Waals surface area contributed by atoms with Gasteiger partial charge in [-0.15, -0.1) is 0 Å². The minimum Gasteiger partial charge on any atom is -0.332 e. The quantitative estimate of drug-likeness (QED) is 0.349. The van der Waals surface area contributed by atoms with Gasteiger partial charge in [-0.05, 0) is 38.0 Å². The summed E-state index contributed by atoms with van der Waals surface area (Å²) in [7, 11) is 0. The van der Waals surface area contributed by atoms with Crippen LogP contribution in [0.5, 0.6) is 0 Å². The fraction of sp³-hybridized carbons (Fsp3) is 0.444. The fourth-order valence-corrected chi connectivity index (χ4v) is 5.21. The molecule has 1 aliphatic heterocycles. The highest BCUT2D eigenvalue weighted by Crippen LogP contribution is 2.36. The Morgan fingerprint density at radius 3 is 2.52 bits per heavy atom. The van der Waals surface area contributed by atoms with Gasteiger partial charge in [-0.2, -0.15) is 18.3 Å². The predicted octanol–water partition coefficient (Wildman–Crippen LogP) is 4.20. The Morgan fingerprint density at radius 1 is 1.10 bits per heavy atom. The lowest BCUT2D eigenvalue weighted by molar-refractivity contribution is -0.137. The molecular formula is C27H30F3N7O3. The van der Waals surface area contributed by atoms with E-state index in [1.165, 1.54) is 26.2 Å². The normalized spacial score (nSPS) is 16.8. The van der Waals surface area contributed by atoms with Gasteiger partial charge in [0.2, 0.25) is 5.91 Å². The number of rotatable bonds is 8. The van der Waals surface area contributed by atoms with Crippen LogP contribution in [0.2, 0.25) is 0 Å². The third-order valence-corrected chi connectivity index (χ3v) is 7.37. The van der Waals surface area contributed by atoms with Gasteiger partial charge >= 0.3 is 11.9 Å². The Balaban J connectivity index is 1.41. The van der Waals surface area contributed by atoms with Gasteiger partial charge in [0.25, 0.3) is 5.56 Å². The van der Waals surface area contributed by atoms with Crippen LogP contribution >= 0.6 is 0 Å². The van der Waals surface area contributed by atoms with Crippen LogP contribution in [0.25, 0.3) is 22.6 Å². The molecule has 0 spiro atoms. The number of hydrogen-bond acceptors (Lipinski definition) is 5. The van der Waals surface area contributed by atoms with Crippen LogP contribution in [-0.4, -0.2) is 41.3 Å². The number of nitrogens with zero attached hydrogens (tertiary/aromatic N) is 6. The first-order chi connectivity index (χ1) is 19.0. The van der Waals surface area contributed by atoms with E-state index in [-0.39, 0.29) is 53.4 Å². The third kappa shape index (κ3) is 4.84. The van der Waals surface area contributed by atoms with Crippen LogP contribution in [0.4, 0.5) is 18.9 Å². The van der Waals surface area contributed by atoms with Gasteiger partial charge in [0, 0.05) is 43.9 Å². The molecule has 0 radical (unpaired) electrons. The molecule has 1 saturated heterocycles. The maximum absolute atomic E-state index is 13.2. The monoisotopic (exact) mass is 557 g/mol. The molecule has 13 heteroatoms. The van der Waals surface area contributed by atoms with E-state index in [4.69, 9.17) is 0 Å². The predicted molar refractivity (Wildman–Crippen MR) is 143 cm³/mol. The summed E-state index contributed by atoms with van der Waals surface area (Å²) in [5, 5.41) is 4.45. The molecule has 212 valence electrons. The summed E-state index contributed by atoms with van der Waals surface area (Å²) < 4.78 is 44.0. The van der Waals surface area contributed by atoms with Crippen molar-refractivity contribution >= 4 is 22.8 Å². The molecule has 0 saturated carbocycles. The second kappa shape index (κ2) is 10.4. The molecule has 4 heterocycles. The second-order valence-corrected chi connectivity index (χ2v) is 10.1. The molecule has 10 nitrogen and oxygen atoms in total. The number of amides is 1. The molecule has 5 rings (SSSR count). The van der Waals surface area contributed by atoms with Crippen LogP contribution in [-0.2, 0) is 24.1 Å². The van der Waals surface area contributed by atoms with Crippen LogP contribution < -0.4 is 16.1 Å². The van der Waals surface area contributed by atoms with Gasteiger partial charge in [0.05, 0.1) is 23.4 Å². The number of aryl methyl sites for hydroxylation is 1. The zero-order chi connectivity index (χ0) is 28.8. The first-order valence-electron chi connectivity index (χ1n) is 13.3. The number of aromatic nitrogens is 6. The lowest BCUT2D eigenvalue weighted by atomic mass is 10.0. The van der Waals surface area contributed by atoms with Crippen molar-refractivity contribution in [1.29, 1.82) is 0 Å². The Bertz CT molecular complexity index is 1680.